The summed E-state index contributed by atoms with van der Waals surface area (Å²) >= 11 is 0. The predicted molar refractivity (Wildman–Crippen MR) is 116 cm³/mol. The second-order valence-corrected chi connectivity index (χ2v) is 6.84. The molecule has 0 atom stereocenters. The first-order valence-corrected chi connectivity index (χ1v) is 9.68. The topological polar surface area (TPSA) is 88.5 Å². The SMILES string of the molecule is CN=C(NCc1cc(-c2ccccc2)on1)NCc1coc(-c2ccc(C)cc2)n1. The molecule has 7 nitrogen and oxygen atoms in total. The van der Waals surface area contributed by atoms with E-state index in [0.29, 0.717) is 24.9 Å². The lowest BCUT2D eigenvalue weighted by molar-refractivity contribution is 0.422. The Morgan fingerprint density at radius 1 is 0.933 bits per heavy atom. The van der Waals surface area contributed by atoms with Gasteiger partial charge in [-0.05, 0) is 19.1 Å². The van der Waals surface area contributed by atoms with Crippen LogP contribution >= 0.6 is 0 Å². The molecule has 0 saturated heterocycles. The zero-order valence-corrected chi connectivity index (χ0v) is 16.9. The van der Waals surface area contributed by atoms with E-state index in [-0.39, 0.29) is 0 Å². The summed E-state index contributed by atoms with van der Waals surface area (Å²) in [5, 5.41) is 10.6. The lowest BCUT2D eigenvalue weighted by Gasteiger charge is -2.09. The zero-order chi connectivity index (χ0) is 20.8. The lowest BCUT2D eigenvalue weighted by atomic mass is 10.1. The number of hydrogen-bond acceptors (Lipinski definition) is 5. The van der Waals surface area contributed by atoms with E-state index in [2.05, 4.69) is 32.7 Å². The number of nitrogens with zero attached hydrogens (tertiary/aromatic N) is 3. The Bertz CT molecular complexity index is 1110. The first-order valence-electron chi connectivity index (χ1n) is 9.68. The number of guanidine groups is 1. The molecule has 0 aliphatic heterocycles. The van der Waals surface area contributed by atoms with Crippen LogP contribution in [0.2, 0.25) is 0 Å². The molecule has 0 aliphatic carbocycles. The molecule has 2 aromatic heterocycles. The first kappa shape index (κ1) is 19.4. The predicted octanol–water partition coefficient (Wildman–Crippen LogP) is 4.17. The Kier molecular flexibility index (Phi) is 5.89. The van der Waals surface area contributed by atoms with Crippen molar-refractivity contribution in [1.29, 1.82) is 0 Å². The van der Waals surface area contributed by atoms with Gasteiger partial charge in [0, 0.05) is 24.2 Å². The molecule has 2 aromatic carbocycles. The highest BCUT2D eigenvalue weighted by atomic mass is 16.5. The molecule has 0 bridgehead atoms. The van der Waals surface area contributed by atoms with Gasteiger partial charge in [-0.15, -0.1) is 0 Å². The number of benzene rings is 2. The van der Waals surface area contributed by atoms with Crippen molar-refractivity contribution >= 4 is 5.96 Å². The van der Waals surface area contributed by atoms with Gasteiger partial charge in [-0.1, -0.05) is 53.2 Å². The Morgan fingerprint density at radius 2 is 1.67 bits per heavy atom. The molecule has 2 heterocycles. The Balaban J connectivity index is 1.31. The maximum atomic E-state index is 5.60. The van der Waals surface area contributed by atoms with Gasteiger partial charge in [0.25, 0.3) is 0 Å². The van der Waals surface area contributed by atoms with Gasteiger partial charge >= 0.3 is 0 Å². The summed E-state index contributed by atoms with van der Waals surface area (Å²) in [5.74, 6) is 1.98. The van der Waals surface area contributed by atoms with Crippen molar-refractivity contribution in [2.75, 3.05) is 7.05 Å². The second-order valence-electron chi connectivity index (χ2n) is 6.84. The molecule has 0 fully saturated rings. The van der Waals surface area contributed by atoms with Crippen molar-refractivity contribution in [2.24, 2.45) is 4.99 Å². The van der Waals surface area contributed by atoms with Crippen molar-refractivity contribution in [3.8, 4) is 22.8 Å². The van der Waals surface area contributed by atoms with E-state index >= 15 is 0 Å². The first-order chi connectivity index (χ1) is 14.7. The Hall–Kier alpha value is -3.87. The average molecular weight is 401 g/mol. The fourth-order valence-electron chi connectivity index (χ4n) is 2.92. The van der Waals surface area contributed by atoms with Gasteiger partial charge in [0.05, 0.1) is 18.8 Å². The van der Waals surface area contributed by atoms with Crippen LogP contribution in [0.15, 0.2) is 80.9 Å². The fourth-order valence-corrected chi connectivity index (χ4v) is 2.92. The molecular formula is C23H23N5O2. The van der Waals surface area contributed by atoms with Crippen molar-refractivity contribution in [3.63, 3.8) is 0 Å². The van der Waals surface area contributed by atoms with Gasteiger partial charge in [0.15, 0.2) is 11.7 Å². The summed E-state index contributed by atoms with van der Waals surface area (Å²) in [6, 6.07) is 19.9. The molecule has 0 spiro atoms. The minimum Gasteiger partial charge on any atom is -0.444 e. The summed E-state index contributed by atoms with van der Waals surface area (Å²) in [7, 11) is 1.72. The van der Waals surface area contributed by atoms with Crippen LogP contribution in [0.25, 0.3) is 22.8 Å². The highest BCUT2D eigenvalue weighted by Gasteiger charge is 2.09. The standard InChI is InChI=1S/C23H23N5O2/c1-16-8-10-18(11-9-16)22-27-20(15-29-22)14-26-23(24-2)25-13-19-12-21(30-28-19)17-6-4-3-5-7-17/h3-12,15H,13-14H2,1-2H3,(H2,24,25,26). The van der Waals surface area contributed by atoms with Crippen LogP contribution in [0.1, 0.15) is 17.0 Å². The summed E-state index contributed by atoms with van der Waals surface area (Å²) < 4.78 is 11.0. The number of rotatable bonds is 6. The molecule has 7 heteroatoms. The number of hydrogen-bond donors (Lipinski definition) is 2. The number of oxazole rings is 1. The van der Waals surface area contributed by atoms with Crippen LogP contribution < -0.4 is 10.6 Å². The summed E-state index contributed by atoms with van der Waals surface area (Å²) in [6.07, 6.45) is 1.65. The largest absolute Gasteiger partial charge is 0.444 e. The van der Waals surface area contributed by atoms with E-state index in [1.54, 1.807) is 13.3 Å². The van der Waals surface area contributed by atoms with E-state index in [9.17, 15) is 0 Å². The van der Waals surface area contributed by atoms with E-state index in [1.165, 1.54) is 5.56 Å². The molecule has 2 N–H and O–H groups in total. The molecule has 0 radical (unpaired) electrons. The van der Waals surface area contributed by atoms with Gasteiger partial charge in [-0.3, -0.25) is 4.99 Å². The van der Waals surface area contributed by atoms with Crippen LogP contribution in [0.4, 0.5) is 0 Å². The normalized spacial score (nSPS) is 11.5. The van der Waals surface area contributed by atoms with E-state index in [1.807, 2.05) is 60.7 Å². The minimum atomic E-state index is 0.489. The van der Waals surface area contributed by atoms with Crippen LogP contribution in [0.3, 0.4) is 0 Å². The second kappa shape index (κ2) is 9.09. The van der Waals surface area contributed by atoms with Gasteiger partial charge < -0.3 is 19.6 Å². The molecule has 0 saturated carbocycles. The molecule has 152 valence electrons. The molecule has 4 aromatic rings. The third kappa shape index (κ3) is 4.75. The average Bonchev–Trinajstić information content (AvgIpc) is 3.45. The van der Waals surface area contributed by atoms with Gasteiger partial charge in [-0.2, -0.15) is 0 Å². The highest BCUT2D eigenvalue weighted by molar-refractivity contribution is 5.79. The molecule has 4 rings (SSSR count). The molecule has 0 aliphatic rings. The van der Waals surface area contributed by atoms with Crippen LogP contribution in [-0.4, -0.2) is 23.1 Å². The summed E-state index contributed by atoms with van der Waals surface area (Å²) in [6.45, 7) is 3.03. The van der Waals surface area contributed by atoms with Crippen LogP contribution in [-0.2, 0) is 13.1 Å². The van der Waals surface area contributed by atoms with Crippen molar-refractivity contribution < 1.29 is 8.94 Å². The lowest BCUT2D eigenvalue weighted by Crippen LogP contribution is -2.36. The van der Waals surface area contributed by atoms with Gasteiger partial charge in [0.1, 0.15) is 12.0 Å². The number of nitrogens with one attached hydrogen (secondary N) is 2. The van der Waals surface area contributed by atoms with Crippen LogP contribution in [0, 0.1) is 6.92 Å². The van der Waals surface area contributed by atoms with Crippen molar-refractivity contribution in [1.82, 2.24) is 20.8 Å². The van der Waals surface area contributed by atoms with E-state index in [4.69, 9.17) is 8.94 Å². The fraction of sp³-hybridized carbons (Fsp3) is 0.174. The van der Waals surface area contributed by atoms with Crippen molar-refractivity contribution in [2.45, 2.75) is 20.0 Å². The van der Waals surface area contributed by atoms with Crippen LogP contribution in [0.5, 0.6) is 0 Å². The monoisotopic (exact) mass is 401 g/mol. The Morgan fingerprint density at radius 3 is 2.40 bits per heavy atom. The third-order valence-corrected chi connectivity index (χ3v) is 4.57. The Labute approximate surface area is 174 Å². The maximum absolute atomic E-state index is 5.60. The number of aromatic nitrogens is 2. The van der Waals surface area contributed by atoms with E-state index in [0.717, 1.165) is 28.3 Å². The van der Waals surface area contributed by atoms with E-state index < -0.39 is 0 Å². The summed E-state index contributed by atoms with van der Waals surface area (Å²) in [5.41, 5.74) is 4.73. The third-order valence-electron chi connectivity index (χ3n) is 4.57. The van der Waals surface area contributed by atoms with Crippen molar-refractivity contribution in [3.05, 3.63) is 83.9 Å². The highest BCUT2D eigenvalue weighted by Crippen LogP contribution is 2.20. The molecule has 30 heavy (non-hydrogen) atoms. The molecule has 0 amide bonds. The van der Waals surface area contributed by atoms with Gasteiger partial charge in [0.2, 0.25) is 5.89 Å². The van der Waals surface area contributed by atoms with Gasteiger partial charge in [-0.25, -0.2) is 4.98 Å². The maximum Gasteiger partial charge on any atom is 0.226 e. The zero-order valence-electron chi connectivity index (χ0n) is 16.9. The molecular weight excluding hydrogens is 378 g/mol. The summed E-state index contributed by atoms with van der Waals surface area (Å²) in [4.78, 5) is 8.77. The smallest absolute Gasteiger partial charge is 0.226 e. The minimum absolute atomic E-state index is 0.489. The number of aliphatic imine (C=N–C) groups is 1. The quantitative estimate of drug-likeness (QED) is 0.372. The molecule has 0 unspecified atom stereocenters. The number of aryl methyl sites for hydroxylation is 1.